The number of ether oxygens (including phenoxy) is 2. The summed E-state index contributed by atoms with van der Waals surface area (Å²) < 4.78 is 11.8. The van der Waals surface area contributed by atoms with Crippen LogP contribution in [0.2, 0.25) is 0 Å². The van der Waals surface area contributed by atoms with E-state index in [1.165, 1.54) is 6.92 Å². The molecule has 0 aliphatic heterocycles. The second-order valence-electron chi connectivity index (χ2n) is 12.1. The topological polar surface area (TPSA) is 52.6 Å². The van der Waals surface area contributed by atoms with Crippen LogP contribution in [0, 0.1) is 5.92 Å². The van der Waals surface area contributed by atoms with Crippen LogP contribution in [-0.2, 0) is 9.47 Å². The number of ketones is 2. The van der Waals surface area contributed by atoms with Gasteiger partial charge in [-0.2, -0.15) is 23.5 Å². The van der Waals surface area contributed by atoms with E-state index in [-0.39, 0.29) is 38.2 Å². The molecule has 0 aliphatic carbocycles. The molecule has 0 heterocycles. The fraction of sp³-hybridized carbons (Fsp3) is 0.714. The van der Waals surface area contributed by atoms with E-state index in [2.05, 4.69) is 69.2 Å². The summed E-state index contributed by atoms with van der Waals surface area (Å²) >= 11 is 3.56. The number of hydrogen-bond acceptors (Lipinski definition) is 6. The fourth-order valence-corrected chi connectivity index (χ4v) is 5.10. The van der Waals surface area contributed by atoms with Crippen molar-refractivity contribution in [1.29, 1.82) is 0 Å². The van der Waals surface area contributed by atoms with Crippen LogP contribution >= 0.6 is 23.5 Å². The number of benzene rings is 1. The van der Waals surface area contributed by atoms with Crippen molar-refractivity contribution in [1.82, 2.24) is 0 Å². The second-order valence-corrected chi connectivity index (χ2v) is 15.6. The summed E-state index contributed by atoms with van der Waals surface area (Å²) in [7, 11) is 0. The monoisotopic (exact) mass is 510 g/mol. The zero-order valence-corrected chi connectivity index (χ0v) is 24.8. The van der Waals surface area contributed by atoms with E-state index in [4.69, 9.17) is 9.47 Å². The lowest BCUT2D eigenvalue weighted by Gasteiger charge is -2.32. The smallest absolute Gasteiger partial charge is 0.167 e. The summed E-state index contributed by atoms with van der Waals surface area (Å²) in [6.07, 6.45) is 0. The molecule has 0 bridgehead atoms. The molecule has 0 aliphatic rings. The lowest BCUT2D eigenvalue weighted by molar-refractivity contribution is -0.0112. The largest absolute Gasteiger partial charge is 0.374 e. The van der Waals surface area contributed by atoms with E-state index in [1.807, 2.05) is 0 Å². The van der Waals surface area contributed by atoms with Crippen LogP contribution in [0.3, 0.4) is 0 Å². The average molecular weight is 511 g/mol. The zero-order chi connectivity index (χ0) is 26.4. The third-order valence-corrected chi connectivity index (χ3v) is 7.94. The Bertz CT molecular complexity index is 765. The van der Waals surface area contributed by atoms with Gasteiger partial charge in [-0.15, -0.1) is 0 Å². The SMILES string of the molecule is CC(=O)c1ccc(C(=O)C(CSC(C)(C)COC(C)(C)C)CSC(C)(C)COC(C)(C)C)cc1. The Hall–Kier alpha value is -0.820. The highest BCUT2D eigenvalue weighted by Gasteiger charge is 2.30. The van der Waals surface area contributed by atoms with Crippen molar-refractivity contribution >= 4 is 35.1 Å². The minimum absolute atomic E-state index is 0.00264. The molecule has 4 nitrogen and oxygen atoms in total. The molecule has 34 heavy (non-hydrogen) atoms. The van der Waals surface area contributed by atoms with Crippen molar-refractivity contribution in [3.8, 4) is 0 Å². The normalized spacial score (nSPS) is 13.4. The van der Waals surface area contributed by atoms with Gasteiger partial charge >= 0.3 is 0 Å². The van der Waals surface area contributed by atoms with E-state index < -0.39 is 0 Å². The van der Waals surface area contributed by atoms with Crippen LogP contribution in [-0.4, -0.2) is 57.0 Å². The van der Waals surface area contributed by atoms with E-state index >= 15 is 0 Å². The van der Waals surface area contributed by atoms with Crippen LogP contribution in [0.25, 0.3) is 0 Å². The van der Waals surface area contributed by atoms with Crippen molar-refractivity contribution < 1.29 is 19.1 Å². The number of Topliss-reactive ketones (excluding diaryl/α,β-unsaturated/α-hetero) is 2. The summed E-state index contributed by atoms with van der Waals surface area (Å²) in [5.74, 6) is 1.38. The van der Waals surface area contributed by atoms with Gasteiger partial charge in [0.1, 0.15) is 0 Å². The summed E-state index contributed by atoms with van der Waals surface area (Å²) in [5, 5.41) is 0. The summed E-state index contributed by atoms with van der Waals surface area (Å²) in [6.45, 7) is 23.8. The van der Waals surface area contributed by atoms with Crippen molar-refractivity contribution in [2.24, 2.45) is 5.92 Å². The van der Waals surface area contributed by atoms with Crippen molar-refractivity contribution in [2.75, 3.05) is 24.7 Å². The predicted octanol–water partition coefficient (Wildman–Crippen LogP) is 7.34. The predicted molar refractivity (Wildman–Crippen MR) is 149 cm³/mol. The van der Waals surface area contributed by atoms with E-state index in [0.717, 1.165) is 0 Å². The van der Waals surface area contributed by atoms with Gasteiger partial charge in [0.15, 0.2) is 11.6 Å². The molecule has 0 aromatic heterocycles. The first-order valence-electron chi connectivity index (χ1n) is 12.0. The number of thioether (sulfide) groups is 2. The van der Waals surface area contributed by atoms with E-state index in [0.29, 0.717) is 35.8 Å². The molecule has 0 saturated carbocycles. The van der Waals surface area contributed by atoms with Crippen molar-refractivity contribution in [2.45, 2.75) is 96.9 Å². The molecule has 0 atom stereocenters. The third-order valence-electron chi connectivity index (χ3n) is 5.00. The molecule has 1 rings (SSSR count). The first-order chi connectivity index (χ1) is 15.3. The molecular weight excluding hydrogens is 464 g/mol. The summed E-state index contributed by atoms with van der Waals surface area (Å²) in [5.41, 5.74) is 0.887. The maximum Gasteiger partial charge on any atom is 0.167 e. The molecule has 194 valence electrons. The van der Waals surface area contributed by atoms with E-state index in [1.54, 1.807) is 47.8 Å². The molecule has 0 N–H and O–H groups in total. The molecule has 6 heteroatoms. The van der Waals surface area contributed by atoms with Crippen LogP contribution in [0.1, 0.15) is 96.9 Å². The fourth-order valence-electron chi connectivity index (χ4n) is 2.82. The van der Waals surface area contributed by atoms with Crippen LogP contribution in [0.4, 0.5) is 0 Å². The molecule has 1 aromatic carbocycles. The first kappa shape index (κ1) is 31.2. The molecule has 0 unspecified atom stereocenters. The first-order valence-corrected chi connectivity index (χ1v) is 14.0. The Morgan fingerprint density at radius 2 is 1.06 bits per heavy atom. The van der Waals surface area contributed by atoms with E-state index in [9.17, 15) is 9.59 Å². The lowest BCUT2D eigenvalue weighted by Crippen LogP contribution is -2.34. The minimum Gasteiger partial charge on any atom is -0.374 e. The number of hydrogen-bond donors (Lipinski definition) is 0. The van der Waals surface area contributed by atoms with Gasteiger partial charge in [-0.05, 0) is 76.2 Å². The van der Waals surface area contributed by atoms with Crippen molar-refractivity contribution in [3.05, 3.63) is 35.4 Å². The molecular formula is C28H46O4S2. The molecule has 1 aromatic rings. The van der Waals surface area contributed by atoms with Gasteiger partial charge in [-0.25, -0.2) is 0 Å². The van der Waals surface area contributed by atoms with Gasteiger partial charge in [-0.1, -0.05) is 24.3 Å². The Labute approximate surface area is 216 Å². The highest BCUT2D eigenvalue weighted by Crippen LogP contribution is 2.34. The molecule has 0 spiro atoms. The van der Waals surface area contributed by atoms with Gasteiger partial charge in [0.25, 0.3) is 0 Å². The van der Waals surface area contributed by atoms with Gasteiger partial charge < -0.3 is 9.47 Å². The Morgan fingerprint density at radius 1 is 0.706 bits per heavy atom. The summed E-state index contributed by atoms with van der Waals surface area (Å²) in [4.78, 5) is 25.2. The standard InChI is InChI=1S/C28H46O4S2/c1-20(29)21-12-14-22(15-13-21)24(30)23(16-33-27(8,9)18-31-25(2,3)4)17-34-28(10,11)19-32-26(5,6)7/h12-15,23H,16-19H2,1-11H3. The lowest BCUT2D eigenvalue weighted by atomic mass is 9.99. The van der Waals surface area contributed by atoms with Gasteiger partial charge in [0.2, 0.25) is 0 Å². The van der Waals surface area contributed by atoms with Gasteiger partial charge in [0.05, 0.1) is 24.4 Å². The second kappa shape index (κ2) is 12.4. The highest BCUT2D eigenvalue weighted by molar-refractivity contribution is 8.01. The minimum atomic E-state index is -0.196. The maximum absolute atomic E-state index is 13.5. The van der Waals surface area contributed by atoms with Crippen LogP contribution < -0.4 is 0 Å². The Balaban J connectivity index is 2.97. The average Bonchev–Trinajstić information content (AvgIpc) is 2.70. The molecule has 0 amide bonds. The third kappa shape index (κ3) is 12.8. The molecule has 0 fully saturated rings. The number of carbonyl (C=O) groups excluding carboxylic acids is 2. The Morgan fingerprint density at radius 3 is 1.38 bits per heavy atom. The van der Waals surface area contributed by atoms with Crippen LogP contribution in [0.5, 0.6) is 0 Å². The summed E-state index contributed by atoms with van der Waals surface area (Å²) in [6, 6.07) is 7.05. The zero-order valence-electron chi connectivity index (χ0n) is 23.2. The molecule has 0 saturated heterocycles. The van der Waals surface area contributed by atoms with Gasteiger partial charge in [-0.3, -0.25) is 9.59 Å². The number of rotatable bonds is 13. The highest BCUT2D eigenvalue weighted by atomic mass is 32.2. The number of carbonyl (C=O) groups is 2. The van der Waals surface area contributed by atoms with Gasteiger partial charge in [0, 0.05) is 38.0 Å². The van der Waals surface area contributed by atoms with Crippen molar-refractivity contribution in [3.63, 3.8) is 0 Å². The molecule has 0 radical (unpaired) electrons. The maximum atomic E-state index is 13.5. The van der Waals surface area contributed by atoms with Crippen LogP contribution in [0.15, 0.2) is 24.3 Å². The quantitative estimate of drug-likeness (QED) is 0.259. The Kier molecular flexibility index (Phi) is 11.4.